The van der Waals surface area contributed by atoms with Crippen LogP contribution in [0.15, 0.2) is 18.2 Å². The summed E-state index contributed by atoms with van der Waals surface area (Å²) in [5, 5.41) is 0. The summed E-state index contributed by atoms with van der Waals surface area (Å²) in [7, 11) is 0. The van der Waals surface area contributed by atoms with Gasteiger partial charge in [0, 0.05) is 12.8 Å². The second-order valence-electron chi connectivity index (χ2n) is 5.82. The Balaban J connectivity index is 2.17. The van der Waals surface area contributed by atoms with E-state index in [0.29, 0.717) is 17.5 Å². The van der Waals surface area contributed by atoms with Gasteiger partial charge in [0.25, 0.3) is 0 Å². The van der Waals surface area contributed by atoms with Crippen LogP contribution in [0.2, 0.25) is 0 Å². The average molecular weight is 386 g/mol. The highest BCUT2D eigenvalue weighted by molar-refractivity contribution is 5.69. The summed E-state index contributed by atoms with van der Waals surface area (Å²) in [4.78, 5) is 11.0. The molecule has 0 saturated heterocycles. The Hall–Kier alpha value is -1.81. The molecule has 0 aliphatic heterocycles. The predicted molar refractivity (Wildman–Crippen MR) is 76.6 cm³/mol. The lowest BCUT2D eigenvalue weighted by Gasteiger charge is -2.26. The third-order valence-corrected chi connectivity index (χ3v) is 3.65. The van der Waals surface area contributed by atoms with Crippen molar-refractivity contribution < 1.29 is 45.3 Å². The molecule has 0 spiro atoms. The average Bonchev–Trinajstić information content (AvgIpc) is 2.87. The highest BCUT2D eigenvalue weighted by Crippen LogP contribution is 2.39. The SMILES string of the molecule is CC(=O)Oc1ccc2c(c1)CC[C@H]2C(OCC(F)(F)F)OCC(F)(F)F. The third kappa shape index (κ3) is 6.17. The van der Waals surface area contributed by atoms with Crippen molar-refractivity contribution in [2.45, 2.75) is 44.3 Å². The van der Waals surface area contributed by atoms with Gasteiger partial charge >= 0.3 is 18.3 Å². The fourth-order valence-electron chi connectivity index (χ4n) is 2.77. The largest absolute Gasteiger partial charge is 0.427 e. The number of ether oxygens (including phenoxy) is 3. The highest BCUT2D eigenvalue weighted by Gasteiger charge is 2.38. The molecule has 4 nitrogen and oxygen atoms in total. The van der Waals surface area contributed by atoms with Crippen LogP contribution >= 0.6 is 0 Å². The Morgan fingerprint density at radius 2 is 1.69 bits per heavy atom. The van der Waals surface area contributed by atoms with Crippen molar-refractivity contribution >= 4 is 5.97 Å². The first-order chi connectivity index (χ1) is 11.9. The van der Waals surface area contributed by atoms with Crippen LogP contribution in [0.5, 0.6) is 5.75 Å². The molecule has 1 aliphatic carbocycles. The molecule has 0 amide bonds. The molecule has 146 valence electrons. The molecular weight excluding hydrogens is 370 g/mol. The quantitative estimate of drug-likeness (QED) is 0.319. The minimum Gasteiger partial charge on any atom is -0.427 e. The minimum absolute atomic E-state index is 0.249. The number of alkyl halides is 6. The number of fused-ring (bicyclic) bond motifs is 1. The van der Waals surface area contributed by atoms with Crippen LogP contribution < -0.4 is 4.74 Å². The molecule has 2 rings (SSSR count). The molecule has 10 heteroatoms. The first kappa shape index (κ1) is 20.5. The molecule has 0 aromatic heterocycles. The molecule has 1 atom stereocenters. The summed E-state index contributed by atoms with van der Waals surface area (Å²) in [6, 6.07) is 4.44. The molecule has 1 aliphatic rings. The van der Waals surface area contributed by atoms with Crippen molar-refractivity contribution in [3.8, 4) is 5.75 Å². The molecule has 0 bridgehead atoms. The number of esters is 1. The van der Waals surface area contributed by atoms with Gasteiger partial charge in [0.1, 0.15) is 19.0 Å². The molecule has 0 heterocycles. The lowest BCUT2D eigenvalue weighted by molar-refractivity contribution is -0.264. The van der Waals surface area contributed by atoms with Gasteiger partial charge in [-0.15, -0.1) is 0 Å². The van der Waals surface area contributed by atoms with Crippen LogP contribution in [0.4, 0.5) is 26.3 Å². The first-order valence-corrected chi connectivity index (χ1v) is 7.62. The molecule has 26 heavy (non-hydrogen) atoms. The number of aryl methyl sites for hydroxylation is 1. The lowest BCUT2D eigenvalue weighted by Crippen LogP contribution is -2.33. The van der Waals surface area contributed by atoms with Gasteiger partial charge in [-0.2, -0.15) is 26.3 Å². The number of carbonyl (C=O) groups excluding carboxylic acids is 1. The Kier molecular flexibility index (Phi) is 6.17. The summed E-state index contributed by atoms with van der Waals surface area (Å²) in [5.41, 5.74) is 1.17. The highest BCUT2D eigenvalue weighted by atomic mass is 19.4. The van der Waals surface area contributed by atoms with E-state index in [-0.39, 0.29) is 12.2 Å². The zero-order valence-corrected chi connectivity index (χ0v) is 13.6. The van der Waals surface area contributed by atoms with Crippen molar-refractivity contribution in [2.75, 3.05) is 13.2 Å². The van der Waals surface area contributed by atoms with Gasteiger partial charge in [0.15, 0.2) is 6.29 Å². The Morgan fingerprint density at radius 3 is 2.19 bits per heavy atom. The second kappa shape index (κ2) is 7.83. The van der Waals surface area contributed by atoms with Crippen LogP contribution in [0.3, 0.4) is 0 Å². The van der Waals surface area contributed by atoms with Crippen LogP contribution in [-0.4, -0.2) is 37.8 Å². The van der Waals surface area contributed by atoms with Crippen molar-refractivity contribution in [2.24, 2.45) is 0 Å². The fraction of sp³-hybridized carbons (Fsp3) is 0.562. The molecule has 1 aromatic carbocycles. The molecule has 0 N–H and O–H groups in total. The molecule has 0 unspecified atom stereocenters. The van der Waals surface area contributed by atoms with Gasteiger partial charge in [-0.25, -0.2) is 0 Å². The van der Waals surface area contributed by atoms with E-state index in [1.165, 1.54) is 25.1 Å². The van der Waals surface area contributed by atoms with E-state index in [4.69, 9.17) is 4.74 Å². The normalized spacial score (nSPS) is 17.5. The van der Waals surface area contributed by atoms with Crippen molar-refractivity contribution in [3.63, 3.8) is 0 Å². The number of hydrogen-bond acceptors (Lipinski definition) is 4. The van der Waals surface area contributed by atoms with E-state index in [1.54, 1.807) is 0 Å². The summed E-state index contributed by atoms with van der Waals surface area (Å²) in [5.74, 6) is -1.08. The first-order valence-electron chi connectivity index (χ1n) is 7.62. The molecule has 1 aromatic rings. The summed E-state index contributed by atoms with van der Waals surface area (Å²) in [6.45, 7) is -2.22. The third-order valence-electron chi connectivity index (χ3n) is 3.65. The van der Waals surface area contributed by atoms with E-state index < -0.39 is 43.7 Å². The lowest BCUT2D eigenvalue weighted by atomic mass is 10.0. The van der Waals surface area contributed by atoms with Crippen molar-refractivity contribution in [1.82, 2.24) is 0 Å². The Labute approximate surface area is 145 Å². The minimum atomic E-state index is -4.69. The van der Waals surface area contributed by atoms with E-state index in [9.17, 15) is 31.1 Å². The Bertz CT molecular complexity index is 623. The van der Waals surface area contributed by atoms with E-state index in [2.05, 4.69) is 9.47 Å². The monoisotopic (exact) mass is 386 g/mol. The zero-order chi connectivity index (χ0) is 19.5. The topological polar surface area (TPSA) is 44.8 Å². The molecule has 0 saturated carbocycles. The van der Waals surface area contributed by atoms with Gasteiger partial charge in [0.2, 0.25) is 0 Å². The summed E-state index contributed by atoms with van der Waals surface area (Å²) < 4.78 is 88.5. The van der Waals surface area contributed by atoms with Gasteiger partial charge in [-0.05, 0) is 36.1 Å². The number of rotatable bonds is 6. The van der Waals surface area contributed by atoms with Crippen LogP contribution in [-0.2, 0) is 20.7 Å². The molecular formula is C16H16F6O4. The van der Waals surface area contributed by atoms with Crippen molar-refractivity contribution in [3.05, 3.63) is 29.3 Å². The van der Waals surface area contributed by atoms with E-state index in [0.717, 1.165) is 0 Å². The van der Waals surface area contributed by atoms with E-state index >= 15 is 0 Å². The smallest absolute Gasteiger partial charge is 0.411 e. The van der Waals surface area contributed by atoms with Crippen LogP contribution in [0, 0.1) is 0 Å². The molecule has 0 radical (unpaired) electrons. The van der Waals surface area contributed by atoms with Crippen LogP contribution in [0.25, 0.3) is 0 Å². The second-order valence-corrected chi connectivity index (χ2v) is 5.82. The summed E-state index contributed by atoms with van der Waals surface area (Å²) in [6.07, 6.45) is -10.4. The van der Waals surface area contributed by atoms with Gasteiger partial charge in [-0.1, -0.05) is 6.07 Å². The zero-order valence-electron chi connectivity index (χ0n) is 13.6. The van der Waals surface area contributed by atoms with Crippen molar-refractivity contribution in [1.29, 1.82) is 0 Å². The van der Waals surface area contributed by atoms with Gasteiger partial charge in [0.05, 0.1) is 0 Å². The number of hydrogen-bond donors (Lipinski definition) is 0. The van der Waals surface area contributed by atoms with Gasteiger partial charge in [-0.3, -0.25) is 4.79 Å². The Morgan fingerprint density at radius 1 is 1.12 bits per heavy atom. The standard InChI is InChI=1S/C16H16F6O4/c1-9(23)26-11-3-5-12-10(6-11)2-4-13(12)14(24-7-15(17,18)19)25-8-16(20,21)22/h3,5-6,13-14H,2,4,7-8H2,1H3/t13-/m1/s1. The number of halogens is 6. The maximum absolute atomic E-state index is 12.4. The number of carbonyl (C=O) groups is 1. The maximum Gasteiger partial charge on any atom is 0.411 e. The van der Waals surface area contributed by atoms with Crippen LogP contribution in [0.1, 0.15) is 30.4 Å². The summed E-state index contributed by atoms with van der Waals surface area (Å²) >= 11 is 0. The fourth-order valence-corrected chi connectivity index (χ4v) is 2.77. The van der Waals surface area contributed by atoms with Gasteiger partial charge < -0.3 is 14.2 Å². The number of benzene rings is 1. The molecule has 0 fully saturated rings. The maximum atomic E-state index is 12.4. The van der Waals surface area contributed by atoms with E-state index in [1.807, 2.05) is 0 Å². The predicted octanol–water partition coefficient (Wildman–Crippen LogP) is 4.13.